The van der Waals surface area contributed by atoms with Gasteiger partial charge in [-0.15, -0.1) is 21.8 Å². The van der Waals surface area contributed by atoms with Crippen molar-refractivity contribution in [1.82, 2.24) is 14.8 Å². The van der Waals surface area contributed by atoms with E-state index in [1.165, 1.54) is 0 Å². The maximum absolute atomic E-state index is 5.77. The minimum atomic E-state index is -0.108. The van der Waals surface area contributed by atoms with Gasteiger partial charge in [0.25, 0.3) is 0 Å². The molecule has 0 saturated carbocycles. The molecule has 1 aliphatic rings. The van der Waals surface area contributed by atoms with Crippen LogP contribution in [0.1, 0.15) is 24.7 Å². The van der Waals surface area contributed by atoms with Gasteiger partial charge < -0.3 is 14.0 Å². The molecule has 6 heteroatoms. The van der Waals surface area contributed by atoms with Gasteiger partial charge in [-0.25, -0.2) is 0 Å². The van der Waals surface area contributed by atoms with Crippen molar-refractivity contribution in [2.45, 2.75) is 25.5 Å². The first-order valence-corrected chi connectivity index (χ1v) is 5.57. The highest BCUT2D eigenvalue weighted by molar-refractivity contribution is 6.16. The largest absolute Gasteiger partial charge is 0.376 e. The summed E-state index contributed by atoms with van der Waals surface area (Å²) in [6, 6.07) is 0. The molecule has 1 atom stereocenters. The number of halogens is 1. The van der Waals surface area contributed by atoms with Crippen molar-refractivity contribution in [3.63, 3.8) is 0 Å². The molecule has 84 valence electrons. The molecule has 1 unspecified atom stereocenters. The minimum absolute atomic E-state index is 0.108. The second kappa shape index (κ2) is 4.92. The second-order valence-electron chi connectivity index (χ2n) is 3.29. The number of nitrogens with zero attached hydrogens (tertiary/aromatic N) is 3. The molecule has 5 nitrogen and oxygen atoms in total. The Balaban J connectivity index is 2.22. The van der Waals surface area contributed by atoms with Gasteiger partial charge in [-0.05, 0) is 6.92 Å². The molecule has 1 fully saturated rings. The minimum Gasteiger partial charge on any atom is -0.376 e. The van der Waals surface area contributed by atoms with Gasteiger partial charge in [-0.1, -0.05) is 0 Å². The van der Waals surface area contributed by atoms with Crippen molar-refractivity contribution in [3.05, 3.63) is 11.6 Å². The fourth-order valence-electron chi connectivity index (χ4n) is 1.67. The predicted octanol–water partition coefficient (Wildman–Crippen LogP) is 1.12. The van der Waals surface area contributed by atoms with E-state index in [-0.39, 0.29) is 6.10 Å². The van der Waals surface area contributed by atoms with Crippen molar-refractivity contribution < 1.29 is 9.47 Å². The van der Waals surface area contributed by atoms with Crippen LogP contribution >= 0.6 is 11.6 Å². The molecule has 0 bridgehead atoms. The Morgan fingerprint density at radius 1 is 1.47 bits per heavy atom. The van der Waals surface area contributed by atoms with Gasteiger partial charge in [-0.3, -0.25) is 0 Å². The van der Waals surface area contributed by atoms with Gasteiger partial charge in [-0.2, -0.15) is 0 Å². The maximum atomic E-state index is 5.77. The monoisotopic (exact) mass is 231 g/mol. The van der Waals surface area contributed by atoms with Gasteiger partial charge in [0, 0.05) is 6.54 Å². The first kappa shape index (κ1) is 10.9. The summed E-state index contributed by atoms with van der Waals surface area (Å²) in [7, 11) is 0. The van der Waals surface area contributed by atoms with Crippen LogP contribution in [0, 0.1) is 0 Å². The van der Waals surface area contributed by atoms with Crippen LogP contribution in [0.3, 0.4) is 0 Å². The van der Waals surface area contributed by atoms with E-state index in [0.29, 0.717) is 25.7 Å². The lowest BCUT2D eigenvalue weighted by Gasteiger charge is -2.22. The van der Waals surface area contributed by atoms with Crippen molar-refractivity contribution in [3.8, 4) is 0 Å². The fourth-order valence-corrected chi connectivity index (χ4v) is 1.87. The van der Waals surface area contributed by atoms with Crippen molar-refractivity contribution in [2.75, 3.05) is 19.8 Å². The molecule has 0 amide bonds. The Morgan fingerprint density at radius 3 is 2.93 bits per heavy atom. The van der Waals surface area contributed by atoms with Gasteiger partial charge in [0.1, 0.15) is 11.9 Å². The molecule has 1 aromatic rings. The van der Waals surface area contributed by atoms with E-state index in [0.717, 1.165) is 18.2 Å². The molecule has 15 heavy (non-hydrogen) atoms. The van der Waals surface area contributed by atoms with Crippen LogP contribution < -0.4 is 0 Å². The summed E-state index contributed by atoms with van der Waals surface area (Å²) in [5.41, 5.74) is 0. The molecule has 1 aliphatic heterocycles. The Labute approximate surface area is 93.3 Å². The number of rotatable bonds is 3. The lowest BCUT2D eigenvalue weighted by atomic mass is 10.3. The Kier molecular flexibility index (Phi) is 3.56. The van der Waals surface area contributed by atoms with E-state index >= 15 is 0 Å². The van der Waals surface area contributed by atoms with Crippen LogP contribution in [0.5, 0.6) is 0 Å². The normalized spacial score (nSPS) is 21.9. The number of alkyl halides is 1. The summed E-state index contributed by atoms with van der Waals surface area (Å²) < 4.78 is 12.9. The first-order valence-electron chi connectivity index (χ1n) is 5.04. The zero-order chi connectivity index (χ0) is 10.7. The summed E-state index contributed by atoms with van der Waals surface area (Å²) in [4.78, 5) is 0. The summed E-state index contributed by atoms with van der Waals surface area (Å²) >= 11 is 5.77. The van der Waals surface area contributed by atoms with Crippen molar-refractivity contribution >= 4 is 11.6 Å². The quantitative estimate of drug-likeness (QED) is 0.732. The van der Waals surface area contributed by atoms with Gasteiger partial charge in [0.2, 0.25) is 0 Å². The molecular formula is C9H14ClN3O2. The highest BCUT2D eigenvalue weighted by atomic mass is 35.5. The van der Waals surface area contributed by atoms with Crippen LogP contribution in [0.25, 0.3) is 0 Å². The smallest absolute Gasteiger partial charge is 0.164 e. The molecule has 1 aromatic heterocycles. The second-order valence-corrected chi connectivity index (χ2v) is 3.55. The lowest BCUT2D eigenvalue weighted by molar-refractivity contribution is -0.0948. The summed E-state index contributed by atoms with van der Waals surface area (Å²) in [5, 5.41) is 8.13. The van der Waals surface area contributed by atoms with Crippen LogP contribution in [-0.4, -0.2) is 34.6 Å². The highest BCUT2D eigenvalue weighted by Gasteiger charge is 2.23. The zero-order valence-electron chi connectivity index (χ0n) is 8.65. The fraction of sp³-hybridized carbons (Fsp3) is 0.778. The average molecular weight is 232 g/mol. The van der Waals surface area contributed by atoms with E-state index in [9.17, 15) is 0 Å². The molecular weight excluding hydrogens is 218 g/mol. The molecule has 0 spiro atoms. The van der Waals surface area contributed by atoms with Gasteiger partial charge in [0.05, 0.1) is 25.7 Å². The number of hydrogen-bond donors (Lipinski definition) is 0. The van der Waals surface area contributed by atoms with E-state index in [1.54, 1.807) is 0 Å². The van der Waals surface area contributed by atoms with E-state index in [1.807, 2.05) is 11.5 Å². The highest BCUT2D eigenvalue weighted by Crippen LogP contribution is 2.20. The molecule has 0 aliphatic carbocycles. The third kappa shape index (κ3) is 2.14. The van der Waals surface area contributed by atoms with Crippen LogP contribution in [0.15, 0.2) is 0 Å². The van der Waals surface area contributed by atoms with Crippen LogP contribution in [-0.2, 0) is 21.9 Å². The van der Waals surface area contributed by atoms with E-state index in [2.05, 4.69) is 10.2 Å². The van der Waals surface area contributed by atoms with Crippen LogP contribution in [0.2, 0.25) is 0 Å². The predicted molar refractivity (Wildman–Crippen MR) is 54.8 cm³/mol. The first-order chi connectivity index (χ1) is 7.36. The SMILES string of the molecule is CCn1c(CCl)nnc1C1COCCO1. The van der Waals surface area contributed by atoms with E-state index in [4.69, 9.17) is 21.1 Å². The van der Waals surface area contributed by atoms with Crippen molar-refractivity contribution in [1.29, 1.82) is 0 Å². The summed E-state index contributed by atoms with van der Waals surface area (Å²) in [6.45, 7) is 4.63. The molecule has 2 rings (SSSR count). The van der Waals surface area contributed by atoms with Crippen molar-refractivity contribution in [2.24, 2.45) is 0 Å². The van der Waals surface area contributed by atoms with Gasteiger partial charge in [0.15, 0.2) is 5.82 Å². The Morgan fingerprint density at radius 2 is 2.33 bits per heavy atom. The van der Waals surface area contributed by atoms with Gasteiger partial charge >= 0.3 is 0 Å². The van der Waals surface area contributed by atoms with E-state index < -0.39 is 0 Å². The molecule has 2 heterocycles. The van der Waals surface area contributed by atoms with Crippen LogP contribution in [0.4, 0.5) is 0 Å². The zero-order valence-corrected chi connectivity index (χ0v) is 9.40. The molecule has 1 saturated heterocycles. The summed E-state index contributed by atoms with van der Waals surface area (Å²) in [5.74, 6) is 1.96. The maximum Gasteiger partial charge on any atom is 0.164 e. The standard InChI is InChI=1S/C9H14ClN3O2/c1-2-13-8(5-10)11-12-9(13)7-6-14-3-4-15-7/h7H,2-6H2,1H3. The third-order valence-electron chi connectivity index (χ3n) is 2.40. The Hall–Kier alpha value is -0.650. The Bertz CT molecular complexity index is 323. The number of ether oxygens (including phenoxy) is 2. The molecule has 0 N–H and O–H groups in total. The average Bonchev–Trinajstić information content (AvgIpc) is 2.72. The lowest BCUT2D eigenvalue weighted by Crippen LogP contribution is -2.25. The number of hydrogen-bond acceptors (Lipinski definition) is 4. The summed E-state index contributed by atoms with van der Waals surface area (Å²) in [6.07, 6.45) is -0.108. The third-order valence-corrected chi connectivity index (χ3v) is 2.63. The topological polar surface area (TPSA) is 49.2 Å². The molecule has 0 aromatic carbocycles. The molecule has 0 radical (unpaired) electrons. The number of aromatic nitrogens is 3.